The zero-order valence-electron chi connectivity index (χ0n) is 14.8. The van der Waals surface area contributed by atoms with Crippen molar-refractivity contribution in [2.24, 2.45) is 0 Å². The first-order valence-electron chi connectivity index (χ1n) is 8.24. The van der Waals surface area contributed by atoms with Crippen molar-refractivity contribution in [3.8, 4) is 0 Å². The summed E-state index contributed by atoms with van der Waals surface area (Å²) < 4.78 is 26.7. The summed E-state index contributed by atoms with van der Waals surface area (Å²) in [5.41, 5.74) is 2.30. The molecule has 0 spiro atoms. The lowest BCUT2D eigenvalue weighted by molar-refractivity contribution is 0.586. The quantitative estimate of drug-likeness (QED) is 0.646. The first-order valence-corrected chi connectivity index (χ1v) is 8.24. The summed E-state index contributed by atoms with van der Waals surface area (Å²) in [5, 5.41) is 5.94. The molecule has 134 valence electrons. The third-order valence-corrected chi connectivity index (χ3v) is 3.86. The molecule has 0 aliphatic carbocycles. The Hall–Kier alpha value is -3.02. The predicted octanol–water partition coefficient (Wildman–Crippen LogP) is 5.54. The number of benzene rings is 2. The highest BCUT2D eigenvalue weighted by molar-refractivity contribution is 5.60. The molecule has 3 aromatic rings. The number of hydrogen-bond acceptors (Lipinski definition) is 4. The number of anilines is 4. The molecule has 2 N–H and O–H groups in total. The summed E-state index contributed by atoms with van der Waals surface area (Å²) in [7, 11) is 0. The van der Waals surface area contributed by atoms with Gasteiger partial charge in [-0.05, 0) is 41.3 Å². The van der Waals surface area contributed by atoms with Crippen LogP contribution in [0.1, 0.15) is 26.3 Å². The molecule has 0 aliphatic rings. The Balaban J connectivity index is 1.75. The van der Waals surface area contributed by atoms with Gasteiger partial charge in [-0.3, -0.25) is 0 Å². The maximum absolute atomic E-state index is 13.8. The van der Waals surface area contributed by atoms with Gasteiger partial charge in [-0.1, -0.05) is 32.9 Å². The van der Waals surface area contributed by atoms with Crippen LogP contribution in [0.15, 0.2) is 54.7 Å². The van der Waals surface area contributed by atoms with E-state index in [0.29, 0.717) is 11.8 Å². The topological polar surface area (TPSA) is 49.8 Å². The minimum Gasteiger partial charge on any atom is -0.338 e. The van der Waals surface area contributed by atoms with E-state index in [1.54, 1.807) is 12.3 Å². The van der Waals surface area contributed by atoms with Crippen molar-refractivity contribution >= 4 is 23.1 Å². The molecule has 1 heterocycles. The maximum atomic E-state index is 13.8. The Morgan fingerprint density at radius 1 is 0.885 bits per heavy atom. The van der Waals surface area contributed by atoms with E-state index < -0.39 is 11.6 Å². The van der Waals surface area contributed by atoms with E-state index >= 15 is 0 Å². The fourth-order valence-corrected chi connectivity index (χ4v) is 2.40. The van der Waals surface area contributed by atoms with Crippen molar-refractivity contribution in [1.82, 2.24) is 9.97 Å². The first-order chi connectivity index (χ1) is 12.3. The molecule has 0 saturated carbocycles. The van der Waals surface area contributed by atoms with Gasteiger partial charge in [-0.2, -0.15) is 4.98 Å². The molecule has 0 radical (unpaired) electrons. The van der Waals surface area contributed by atoms with Crippen LogP contribution in [0.25, 0.3) is 0 Å². The van der Waals surface area contributed by atoms with Crippen LogP contribution in [0.2, 0.25) is 0 Å². The smallest absolute Gasteiger partial charge is 0.229 e. The highest BCUT2D eigenvalue weighted by Gasteiger charge is 2.13. The molecular formula is C20H20F2N4. The van der Waals surface area contributed by atoms with E-state index in [1.165, 1.54) is 17.7 Å². The number of nitrogens with zero attached hydrogens (tertiary/aromatic N) is 2. The fraction of sp³-hybridized carbons (Fsp3) is 0.200. The minimum absolute atomic E-state index is 0.0814. The molecular weight excluding hydrogens is 334 g/mol. The molecule has 3 rings (SSSR count). The second-order valence-corrected chi connectivity index (χ2v) is 6.97. The van der Waals surface area contributed by atoms with Crippen LogP contribution in [-0.2, 0) is 5.41 Å². The fourth-order valence-electron chi connectivity index (χ4n) is 2.40. The van der Waals surface area contributed by atoms with Crippen molar-refractivity contribution in [1.29, 1.82) is 0 Å². The lowest BCUT2D eigenvalue weighted by Crippen LogP contribution is -2.10. The predicted molar refractivity (Wildman–Crippen MR) is 100 cm³/mol. The summed E-state index contributed by atoms with van der Waals surface area (Å²) >= 11 is 0. The maximum Gasteiger partial charge on any atom is 0.229 e. The van der Waals surface area contributed by atoms with Gasteiger partial charge in [0.15, 0.2) is 0 Å². The van der Waals surface area contributed by atoms with Gasteiger partial charge >= 0.3 is 0 Å². The number of nitrogens with one attached hydrogen (secondary N) is 2. The van der Waals surface area contributed by atoms with Gasteiger partial charge in [-0.25, -0.2) is 13.8 Å². The third-order valence-electron chi connectivity index (χ3n) is 3.86. The second kappa shape index (κ2) is 7.07. The molecule has 0 bridgehead atoms. The van der Waals surface area contributed by atoms with Crippen LogP contribution in [-0.4, -0.2) is 9.97 Å². The van der Waals surface area contributed by atoms with Crippen LogP contribution in [0.3, 0.4) is 0 Å². The Morgan fingerprint density at radius 2 is 1.62 bits per heavy atom. The summed E-state index contributed by atoms with van der Waals surface area (Å²) in [6.45, 7) is 6.47. The first kappa shape index (κ1) is 17.8. The molecule has 0 amide bonds. The summed E-state index contributed by atoms with van der Waals surface area (Å²) in [5.74, 6) is -0.534. The van der Waals surface area contributed by atoms with Crippen molar-refractivity contribution in [2.75, 3.05) is 10.6 Å². The lowest BCUT2D eigenvalue weighted by Gasteiger charge is -2.19. The Kier molecular flexibility index (Phi) is 4.84. The summed E-state index contributed by atoms with van der Waals surface area (Å²) in [6.07, 6.45) is 1.56. The zero-order valence-corrected chi connectivity index (χ0v) is 14.8. The molecule has 6 heteroatoms. The van der Waals surface area contributed by atoms with Crippen molar-refractivity contribution < 1.29 is 8.78 Å². The van der Waals surface area contributed by atoms with E-state index in [4.69, 9.17) is 0 Å². The van der Waals surface area contributed by atoms with Gasteiger partial charge in [0.2, 0.25) is 5.95 Å². The molecule has 0 saturated heterocycles. The Morgan fingerprint density at radius 3 is 2.27 bits per heavy atom. The van der Waals surface area contributed by atoms with Gasteiger partial charge in [0.05, 0.1) is 5.69 Å². The normalized spacial score (nSPS) is 11.3. The number of rotatable bonds is 4. The average Bonchev–Trinajstić information content (AvgIpc) is 2.57. The molecule has 1 aromatic heterocycles. The largest absolute Gasteiger partial charge is 0.338 e. The van der Waals surface area contributed by atoms with E-state index in [2.05, 4.69) is 53.5 Å². The number of aromatic nitrogens is 2. The van der Waals surface area contributed by atoms with Gasteiger partial charge in [0.1, 0.15) is 17.5 Å². The van der Waals surface area contributed by atoms with Crippen LogP contribution in [0.4, 0.5) is 31.9 Å². The molecule has 4 nitrogen and oxygen atoms in total. The van der Waals surface area contributed by atoms with E-state index in [9.17, 15) is 8.78 Å². The van der Waals surface area contributed by atoms with Crippen molar-refractivity contribution in [3.63, 3.8) is 0 Å². The van der Waals surface area contributed by atoms with Gasteiger partial charge in [-0.15, -0.1) is 0 Å². The SMILES string of the molecule is CC(C)(C)c1ccc(Nc2nccc(Nc3ccc(F)cc3F)n2)cc1. The number of halogens is 2. The molecule has 2 aromatic carbocycles. The van der Waals surface area contributed by atoms with E-state index in [-0.39, 0.29) is 11.1 Å². The highest BCUT2D eigenvalue weighted by Crippen LogP contribution is 2.25. The average molecular weight is 354 g/mol. The summed E-state index contributed by atoms with van der Waals surface area (Å²) in [6, 6.07) is 13.0. The zero-order chi connectivity index (χ0) is 18.7. The van der Waals surface area contributed by atoms with E-state index in [1.807, 2.05) is 12.1 Å². The van der Waals surface area contributed by atoms with Gasteiger partial charge < -0.3 is 10.6 Å². The number of hydrogen-bond donors (Lipinski definition) is 2. The standard InChI is InChI=1S/C20H20F2N4/c1-20(2,3)13-4-7-15(8-5-13)24-19-23-11-10-18(26-19)25-17-9-6-14(21)12-16(17)22/h4-12H,1-3H3,(H2,23,24,25,26). The second-order valence-electron chi connectivity index (χ2n) is 6.97. The molecule has 0 aliphatic heterocycles. The van der Waals surface area contributed by atoms with Crippen LogP contribution >= 0.6 is 0 Å². The van der Waals surface area contributed by atoms with Crippen molar-refractivity contribution in [2.45, 2.75) is 26.2 Å². The highest BCUT2D eigenvalue weighted by atomic mass is 19.1. The Bertz CT molecular complexity index is 902. The van der Waals surface area contributed by atoms with Crippen LogP contribution < -0.4 is 10.6 Å². The van der Waals surface area contributed by atoms with Gasteiger partial charge in [0, 0.05) is 18.0 Å². The molecule has 0 fully saturated rings. The molecule has 0 atom stereocenters. The monoisotopic (exact) mass is 354 g/mol. The lowest BCUT2D eigenvalue weighted by atomic mass is 9.87. The third kappa shape index (κ3) is 4.33. The van der Waals surface area contributed by atoms with E-state index in [0.717, 1.165) is 11.8 Å². The van der Waals surface area contributed by atoms with Crippen LogP contribution in [0, 0.1) is 11.6 Å². The Labute approximate surface area is 151 Å². The van der Waals surface area contributed by atoms with Crippen molar-refractivity contribution in [3.05, 3.63) is 71.9 Å². The molecule has 0 unspecified atom stereocenters. The minimum atomic E-state index is -0.684. The van der Waals surface area contributed by atoms with Gasteiger partial charge in [0.25, 0.3) is 0 Å². The summed E-state index contributed by atoms with van der Waals surface area (Å²) in [4.78, 5) is 8.47. The van der Waals surface area contributed by atoms with Crippen LogP contribution in [0.5, 0.6) is 0 Å². The molecule has 26 heavy (non-hydrogen) atoms.